The van der Waals surface area contributed by atoms with Crippen LogP contribution in [0.3, 0.4) is 0 Å². The summed E-state index contributed by atoms with van der Waals surface area (Å²) in [5.74, 6) is 0.670. The van der Waals surface area contributed by atoms with Crippen LogP contribution in [0.25, 0.3) is 0 Å². The van der Waals surface area contributed by atoms with Gasteiger partial charge in [-0.25, -0.2) is 0 Å². The highest BCUT2D eigenvalue weighted by Crippen LogP contribution is 2.25. The number of nitrogens with one attached hydrogen (secondary N) is 1. The van der Waals surface area contributed by atoms with Gasteiger partial charge in [-0.3, -0.25) is 0 Å². The van der Waals surface area contributed by atoms with E-state index in [9.17, 15) is 0 Å². The predicted octanol–water partition coefficient (Wildman–Crippen LogP) is 4.87. The minimum absolute atomic E-state index is 0.318. The Balaban J connectivity index is 2.51. The summed E-state index contributed by atoms with van der Waals surface area (Å²) in [7, 11) is 0. The summed E-state index contributed by atoms with van der Waals surface area (Å²) >= 11 is 9.45. The highest BCUT2D eigenvalue weighted by atomic mass is 79.9. The van der Waals surface area contributed by atoms with E-state index in [0.29, 0.717) is 11.3 Å². The van der Waals surface area contributed by atoms with Crippen molar-refractivity contribution in [2.24, 2.45) is 11.3 Å². The molecule has 0 unspecified atom stereocenters. The van der Waals surface area contributed by atoms with Crippen LogP contribution < -0.4 is 5.32 Å². The van der Waals surface area contributed by atoms with E-state index < -0.39 is 0 Å². The van der Waals surface area contributed by atoms with Crippen molar-refractivity contribution in [1.82, 2.24) is 5.32 Å². The van der Waals surface area contributed by atoms with Crippen molar-refractivity contribution in [3.05, 3.63) is 33.3 Å². The molecule has 0 radical (unpaired) electrons. The average molecular weight is 319 g/mol. The third-order valence-corrected chi connectivity index (χ3v) is 4.45. The minimum atomic E-state index is 0.318. The second-order valence-corrected chi connectivity index (χ2v) is 6.77. The van der Waals surface area contributed by atoms with Crippen molar-refractivity contribution in [2.75, 3.05) is 6.54 Å². The molecule has 0 saturated heterocycles. The van der Waals surface area contributed by atoms with Crippen LogP contribution in [-0.4, -0.2) is 6.54 Å². The van der Waals surface area contributed by atoms with Crippen molar-refractivity contribution in [3.63, 3.8) is 0 Å². The monoisotopic (exact) mass is 317 g/mol. The quantitative estimate of drug-likeness (QED) is 0.816. The molecule has 96 valence electrons. The third-order valence-electron chi connectivity index (χ3n) is 3.47. The molecule has 0 heterocycles. The lowest BCUT2D eigenvalue weighted by Gasteiger charge is -2.29. The molecule has 0 fully saturated rings. The number of halogens is 2. The van der Waals surface area contributed by atoms with E-state index in [1.165, 1.54) is 5.56 Å². The molecule has 1 nitrogen and oxygen atoms in total. The first kappa shape index (κ1) is 15.0. The lowest BCUT2D eigenvalue weighted by atomic mass is 9.81. The summed E-state index contributed by atoms with van der Waals surface area (Å²) < 4.78 is 1.07. The Kier molecular flexibility index (Phi) is 5.49. The van der Waals surface area contributed by atoms with Crippen molar-refractivity contribution >= 4 is 27.5 Å². The van der Waals surface area contributed by atoms with Gasteiger partial charge >= 0.3 is 0 Å². The molecule has 1 N–H and O–H groups in total. The standard InChI is InChI=1S/C14H21BrClN/c1-10(2)14(3,4)9-17-8-11-5-6-12(16)7-13(11)15/h5-7,10,17H,8-9H2,1-4H3. The Bertz CT molecular complexity index is 374. The van der Waals surface area contributed by atoms with Crippen LogP contribution in [0.15, 0.2) is 22.7 Å². The Morgan fingerprint density at radius 3 is 2.53 bits per heavy atom. The van der Waals surface area contributed by atoms with E-state index >= 15 is 0 Å². The van der Waals surface area contributed by atoms with Gasteiger partial charge in [0, 0.05) is 22.6 Å². The van der Waals surface area contributed by atoms with Crippen LogP contribution in [0.5, 0.6) is 0 Å². The molecule has 0 bridgehead atoms. The molecule has 1 aromatic rings. The SMILES string of the molecule is CC(C)C(C)(C)CNCc1ccc(Cl)cc1Br. The topological polar surface area (TPSA) is 12.0 Å². The highest BCUT2D eigenvalue weighted by Gasteiger charge is 2.21. The zero-order valence-corrected chi connectivity index (χ0v) is 13.3. The lowest BCUT2D eigenvalue weighted by Crippen LogP contribution is -2.33. The van der Waals surface area contributed by atoms with E-state index in [2.05, 4.69) is 55.0 Å². The van der Waals surface area contributed by atoms with E-state index in [4.69, 9.17) is 11.6 Å². The van der Waals surface area contributed by atoms with E-state index in [0.717, 1.165) is 22.6 Å². The van der Waals surface area contributed by atoms with Gasteiger partial charge < -0.3 is 5.32 Å². The first-order valence-electron chi connectivity index (χ1n) is 5.97. The third kappa shape index (κ3) is 4.61. The van der Waals surface area contributed by atoms with Gasteiger partial charge in [-0.1, -0.05) is 61.3 Å². The zero-order valence-electron chi connectivity index (χ0n) is 11.0. The van der Waals surface area contributed by atoms with Gasteiger partial charge in [0.2, 0.25) is 0 Å². The average Bonchev–Trinajstić information content (AvgIpc) is 2.21. The Labute approximate surface area is 118 Å². The predicted molar refractivity (Wildman–Crippen MR) is 79.5 cm³/mol. The van der Waals surface area contributed by atoms with Gasteiger partial charge in [0.15, 0.2) is 0 Å². The first-order valence-corrected chi connectivity index (χ1v) is 7.14. The number of benzene rings is 1. The van der Waals surface area contributed by atoms with Crippen LogP contribution in [0.1, 0.15) is 33.3 Å². The first-order chi connectivity index (χ1) is 7.83. The molecule has 0 atom stereocenters. The number of hydrogen-bond donors (Lipinski definition) is 1. The van der Waals surface area contributed by atoms with Crippen molar-refractivity contribution < 1.29 is 0 Å². The largest absolute Gasteiger partial charge is 0.312 e. The van der Waals surface area contributed by atoms with Gasteiger partial charge in [-0.2, -0.15) is 0 Å². The summed E-state index contributed by atoms with van der Waals surface area (Å²) in [6.45, 7) is 11.0. The molecule has 0 aliphatic carbocycles. The van der Waals surface area contributed by atoms with Gasteiger partial charge in [0.25, 0.3) is 0 Å². The Morgan fingerprint density at radius 1 is 1.35 bits per heavy atom. The Morgan fingerprint density at radius 2 is 2.00 bits per heavy atom. The van der Waals surface area contributed by atoms with Crippen LogP contribution >= 0.6 is 27.5 Å². The summed E-state index contributed by atoms with van der Waals surface area (Å²) in [6.07, 6.45) is 0. The normalized spacial score (nSPS) is 12.2. The van der Waals surface area contributed by atoms with Gasteiger partial charge in [-0.15, -0.1) is 0 Å². The van der Waals surface area contributed by atoms with E-state index in [-0.39, 0.29) is 0 Å². The molecule has 1 aromatic carbocycles. The molecule has 0 amide bonds. The van der Waals surface area contributed by atoms with E-state index in [1.807, 2.05) is 12.1 Å². The summed E-state index contributed by atoms with van der Waals surface area (Å²) in [6, 6.07) is 5.92. The fourth-order valence-electron chi connectivity index (χ4n) is 1.39. The van der Waals surface area contributed by atoms with E-state index in [1.54, 1.807) is 0 Å². The number of rotatable bonds is 5. The van der Waals surface area contributed by atoms with Crippen LogP contribution in [-0.2, 0) is 6.54 Å². The summed E-state index contributed by atoms with van der Waals surface area (Å²) in [4.78, 5) is 0. The molecule has 0 saturated carbocycles. The maximum atomic E-state index is 5.91. The van der Waals surface area contributed by atoms with Gasteiger partial charge in [-0.05, 0) is 29.0 Å². The second-order valence-electron chi connectivity index (χ2n) is 5.48. The van der Waals surface area contributed by atoms with Gasteiger partial charge in [0.05, 0.1) is 0 Å². The molecule has 0 aliphatic heterocycles. The summed E-state index contributed by atoms with van der Waals surface area (Å²) in [5.41, 5.74) is 1.56. The maximum absolute atomic E-state index is 5.91. The minimum Gasteiger partial charge on any atom is -0.312 e. The maximum Gasteiger partial charge on any atom is 0.0417 e. The van der Waals surface area contributed by atoms with Crippen LogP contribution in [0.2, 0.25) is 5.02 Å². The fraction of sp³-hybridized carbons (Fsp3) is 0.571. The van der Waals surface area contributed by atoms with Crippen molar-refractivity contribution in [1.29, 1.82) is 0 Å². The molecule has 0 aliphatic rings. The molecule has 0 aromatic heterocycles. The van der Waals surface area contributed by atoms with Crippen molar-refractivity contribution in [3.8, 4) is 0 Å². The zero-order chi connectivity index (χ0) is 13.1. The lowest BCUT2D eigenvalue weighted by molar-refractivity contribution is 0.238. The molecule has 17 heavy (non-hydrogen) atoms. The highest BCUT2D eigenvalue weighted by molar-refractivity contribution is 9.10. The van der Waals surface area contributed by atoms with Crippen molar-refractivity contribution in [2.45, 2.75) is 34.2 Å². The smallest absolute Gasteiger partial charge is 0.0417 e. The summed E-state index contributed by atoms with van der Waals surface area (Å²) in [5, 5.41) is 4.28. The molecule has 3 heteroatoms. The number of hydrogen-bond acceptors (Lipinski definition) is 1. The molecular formula is C14H21BrClN. The molecule has 1 rings (SSSR count). The van der Waals surface area contributed by atoms with Crippen LogP contribution in [0.4, 0.5) is 0 Å². The molecule has 0 spiro atoms. The second kappa shape index (κ2) is 6.21. The van der Waals surface area contributed by atoms with Crippen LogP contribution in [0, 0.1) is 11.3 Å². The Hall–Kier alpha value is -0.0500. The van der Waals surface area contributed by atoms with Gasteiger partial charge in [0.1, 0.15) is 0 Å². The fourth-order valence-corrected chi connectivity index (χ4v) is 2.21. The molecular weight excluding hydrogens is 298 g/mol.